The van der Waals surface area contributed by atoms with Crippen LogP contribution >= 0.6 is 15.6 Å². The zero-order valence-electron chi connectivity index (χ0n) is 44.7. The Balaban J connectivity index is 1.20. The van der Waals surface area contributed by atoms with Gasteiger partial charge in [0, 0.05) is 7.11 Å². The number of methoxy groups -OCH3 is 1. The number of phosphoric acid groups is 2. The Labute approximate surface area is 484 Å². The van der Waals surface area contributed by atoms with E-state index in [1.165, 1.54) is 7.11 Å². The van der Waals surface area contributed by atoms with Gasteiger partial charge in [0.15, 0.2) is 37.7 Å². The minimum absolute atomic E-state index is 0.451. The van der Waals surface area contributed by atoms with Crippen molar-refractivity contribution < 1.29 is 196 Å². The highest BCUT2D eigenvalue weighted by Crippen LogP contribution is 2.40. The van der Waals surface area contributed by atoms with Gasteiger partial charge in [-0.25, -0.2) is 9.13 Å². The summed E-state index contributed by atoms with van der Waals surface area (Å²) in [6.45, 7) is -7.39. The van der Waals surface area contributed by atoms with E-state index in [9.17, 15) is 115 Å². The Morgan fingerprint density at radius 1 is 0.384 bits per heavy atom. The van der Waals surface area contributed by atoms with Crippen LogP contribution in [0.4, 0.5) is 0 Å². The van der Waals surface area contributed by atoms with Gasteiger partial charge in [0.1, 0.15) is 153 Å². The lowest BCUT2D eigenvalue weighted by atomic mass is 9.96. The summed E-state index contributed by atoms with van der Waals surface area (Å²) >= 11 is 0. The molecule has 6 rings (SSSR count). The molecule has 12 unspecified atom stereocenters. The van der Waals surface area contributed by atoms with Gasteiger partial charge in [-0.15, -0.1) is 0 Å². The molecule has 30 atom stereocenters. The van der Waals surface area contributed by atoms with Gasteiger partial charge in [-0.05, 0) is 0 Å². The van der Waals surface area contributed by atoms with Crippen LogP contribution in [0.3, 0.4) is 0 Å². The van der Waals surface area contributed by atoms with E-state index < -0.39 is 271 Å². The maximum absolute atomic E-state index is 12.5. The molecule has 23 N–H and O–H groups in total. The van der Waals surface area contributed by atoms with E-state index in [4.69, 9.17) is 66.6 Å². The first-order valence-electron chi connectivity index (χ1n) is 25.9. The number of carbonyl (C=O) groups excluding carboxylic acids is 2. The van der Waals surface area contributed by atoms with Crippen molar-refractivity contribution in [2.24, 2.45) is 0 Å². The zero-order valence-corrected chi connectivity index (χ0v) is 46.5. The van der Waals surface area contributed by atoms with E-state index in [1.54, 1.807) is 0 Å². The minimum atomic E-state index is -5.25. The van der Waals surface area contributed by atoms with Gasteiger partial charge in [-0.3, -0.25) is 29.5 Å². The molecule has 6 heterocycles. The molecule has 0 radical (unpaired) electrons. The van der Waals surface area contributed by atoms with E-state index in [0.29, 0.717) is 0 Å². The summed E-state index contributed by atoms with van der Waals surface area (Å²) in [4.78, 5) is 61.0. The fourth-order valence-electron chi connectivity index (χ4n) is 9.33. The second-order valence-electron chi connectivity index (χ2n) is 20.2. The van der Waals surface area contributed by atoms with Crippen LogP contribution in [-0.4, -0.2) is 362 Å². The van der Waals surface area contributed by atoms with Crippen LogP contribution in [0.1, 0.15) is 6.42 Å². The number of nitrogens with one attached hydrogen (secondary N) is 2. The Hall–Kier alpha value is -2.04. The molecule has 0 aromatic heterocycles. The maximum Gasteiger partial charge on any atom is 0.469 e. The maximum atomic E-state index is 12.5. The predicted molar refractivity (Wildman–Crippen MR) is 257 cm³/mol. The standard InChI is InChI=1S/C42H74N2O40P2/c1-70-10-18(48)44-43-17(47)2-3-71-38-33(63)34(82-42-36(29(59)20(50)12(5-46)77-42)84-40-32(62)27(57)23(53)16(81-40)9-75-86(67,68)69)24(54)14(79-38)7-72-37-30(60)25(55)21(51)13(78-37)6-73-41-35(28(58)19(49)11(4-45)76-41)83-39-31(61)26(56)22(52)15(80-39)8-74-85(64,65)66/h11-16,19-42,45-46,49-63H,2-10H2,1H3,(H,43,47)(H,44,48)(H2,64,65,66)(H2,67,68,69)/t11?,12?,13?,14?,15?,16?,19-,20-,21-,22-,23-,24-,25?,26?,27?,28+,29?,30-,31-,32-,33?,34+,35?,36-,37+,38-,39-,40-,41+,42-/m1/s1. The fraction of sp³-hybridized carbons (Fsp3) is 0.952. The smallest absolute Gasteiger partial charge is 0.394 e. The van der Waals surface area contributed by atoms with Crippen LogP contribution < -0.4 is 10.9 Å². The van der Waals surface area contributed by atoms with Crippen LogP contribution in [0.5, 0.6) is 0 Å². The number of carbonyl (C=O) groups is 2. The van der Waals surface area contributed by atoms with Crippen molar-refractivity contribution in [1.82, 2.24) is 10.9 Å². The molecule has 0 bridgehead atoms. The summed E-state index contributed by atoms with van der Waals surface area (Å²) in [5.41, 5.74) is 4.08. The molecule has 44 heteroatoms. The van der Waals surface area contributed by atoms with Gasteiger partial charge < -0.3 is 168 Å². The van der Waals surface area contributed by atoms with Gasteiger partial charge in [0.25, 0.3) is 5.91 Å². The number of phosphoric ester groups is 2. The third kappa shape index (κ3) is 18.6. The number of rotatable bonds is 26. The SMILES string of the molecule is COCC(=O)NNC(=O)CCO[C@@H]1OC(CO[C@H]2OC(CO[C@H]3OC(CO)[C@@H](O)[C@H](O)C3O[C@H]3OC(COP(=O)(O)O)[C@@H](O)C(O)[C@H]3O)[C@@H](O)C(O)[C@H]2O)[C@@H](O)[C@H](O[C@H]2OC(CO)[C@@H](O)C(O)[C@H]2O[C@H]2OC(COP(=O)(O)O)[C@@H](O)C(O)[C@H]2O)C1O. The predicted octanol–water partition coefficient (Wildman–Crippen LogP) is -14.7. The Kier molecular flexibility index (Phi) is 27.2. The van der Waals surface area contributed by atoms with Crippen molar-refractivity contribution in [3.8, 4) is 0 Å². The van der Waals surface area contributed by atoms with Crippen molar-refractivity contribution in [1.29, 1.82) is 0 Å². The summed E-state index contributed by atoms with van der Waals surface area (Å²) in [5.74, 6) is -1.65. The quantitative estimate of drug-likeness (QED) is 0.0282. The minimum Gasteiger partial charge on any atom is -0.394 e. The second kappa shape index (κ2) is 32.0. The lowest BCUT2D eigenvalue weighted by Crippen LogP contribution is -2.67. The van der Waals surface area contributed by atoms with Crippen LogP contribution in [0.25, 0.3) is 0 Å². The summed E-state index contributed by atoms with van der Waals surface area (Å²) in [7, 11) is -9.25. The first-order valence-corrected chi connectivity index (χ1v) is 29.0. The van der Waals surface area contributed by atoms with Gasteiger partial charge >= 0.3 is 15.6 Å². The number of hydrogen-bond acceptors (Lipinski definition) is 36. The first kappa shape index (κ1) is 73.0. The topological polar surface area (TPSA) is 656 Å². The van der Waals surface area contributed by atoms with Crippen molar-refractivity contribution in [3.63, 3.8) is 0 Å². The Morgan fingerprint density at radius 2 is 0.733 bits per heavy atom. The van der Waals surface area contributed by atoms with Gasteiger partial charge in [-0.2, -0.15) is 0 Å². The highest BCUT2D eigenvalue weighted by Gasteiger charge is 2.57. The number of hydrogen-bond donors (Lipinski definition) is 23. The number of amides is 2. The number of hydrazine groups is 1. The molecule has 0 aromatic carbocycles. The molecule has 0 aromatic rings. The number of ether oxygens (including phenoxy) is 13. The third-order valence-corrected chi connectivity index (χ3v) is 15.0. The summed E-state index contributed by atoms with van der Waals surface area (Å²) in [5, 5.41) is 184. The molecule has 86 heavy (non-hydrogen) atoms. The van der Waals surface area contributed by atoms with Crippen molar-refractivity contribution >= 4 is 27.5 Å². The second-order valence-corrected chi connectivity index (χ2v) is 22.7. The zero-order chi connectivity index (χ0) is 63.9. The van der Waals surface area contributed by atoms with Crippen molar-refractivity contribution in [3.05, 3.63) is 0 Å². The van der Waals surface area contributed by atoms with Gasteiger partial charge in [0.05, 0.1) is 52.7 Å². The largest absolute Gasteiger partial charge is 0.469 e. The molecule has 6 aliphatic rings. The monoisotopic (exact) mass is 1310 g/mol. The van der Waals surface area contributed by atoms with E-state index in [1.807, 2.05) is 10.9 Å². The van der Waals surface area contributed by atoms with E-state index >= 15 is 0 Å². The molecule has 42 nitrogen and oxygen atoms in total. The number of aliphatic hydroxyl groups excluding tert-OH is 17. The molecule has 0 saturated carbocycles. The normalized spacial score (nSPS) is 44.4. The third-order valence-electron chi connectivity index (χ3n) is 14.1. The van der Waals surface area contributed by atoms with Gasteiger partial charge in [0.2, 0.25) is 5.91 Å². The summed E-state index contributed by atoms with van der Waals surface area (Å²) in [6.07, 6.45) is -62.9. The average Bonchev–Trinajstić information content (AvgIpc) is 1.54. The Morgan fingerprint density at radius 3 is 1.19 bits per heavy atom. The van der Waals surface area contributed by atoms with E-state index in [-0.39, 0.29) is 0 Å². The van der Waals surface area contributed by atoms with Crippen LogP contribution in [-0.2, 0) is 89.3 Å². The molecular formula is C42H74N2O40P2. The van der Waals surface area contributed by atoms with E-state index in [0.717, 1.165) is 0 Å². The molecule has 6 fully saturated rings. The lowest BCUT2D eigenvalue weighted by Gasteiger charge is -2.48. The molecule has 0 aliphatic carbocycles. The molecule has 502 valence electrons. The van der Waals surface area contributed by atoms with Crippen LogP contribution in [0.15, 0.2) is 0 Å². The Bertz CT molecular complexity index is 2210. The van der Waals surface area contributed by atoms with Crippen molar-refractivity contribution in [2.75, 3.05) is 60.0 Å². The number of aliphatic hydroxyl groups is 17. The summed E-state index contributed by atoms with van der Waals surface area (Å²) in [6, 6.07) is 0. The van der Waals surface area contributed by atoms with Crippen LogP contribution in [0, 0.1) is 0 Å². The van der Waals surface area contributed by atoms with E-state index in [2.05, 4.69) is 13.8 Å². The van der Waals surface area contributed by atoms with Crippen molar-refractivity contribution in [2.45, 2.75) is 191 Å². The van der Waals surface area contributed by atoms with Crippen LogP contribution in [0.2, 0.25) is 0 Å². The molecule has 0 spiro atoms. The molecular weight excluding hydrogens is 1230 g/mol. The highest BCUT2D eigenvalue weighted by atomic mass is 31.2. The average molecular weight is 1310 g/mol. The molecule has 6 aliphatic heterocycles. The fourth-order valence-corrected chi connectivity index (χ4v) is 10.0. The molecule has 2 amide bonds. The lowest BCUT2D eigenvalue weighted by molar-refractivity contribution is -0.391. The molecule has 6 saturated heterocycles. The van der Waals surface area contributed by atoms with Gasteiger partial charge in [-0.1, -0.05) is 0 Å². The summed E-state index contributed by atoms with van der Waals surface area (Å²) < 4.78 is 104. The first-order chi connectivity index (χ1) is 40.3. The highest BCUT2D eigenvalue weighted by molar-refractivity contribution is 7.46.